The zero-order chi connectivity index (χ0) is 14.1. The molecule has 0 radical (unpaired) electrons. The number of imidazole rings is 1. The van der Waals surface area contributed by atoms with Crippen LogP contribution in [0, 0.1) is 0 Å². The molecule has 0 amide bonds. The molecule has 0 saturated carbocycles. The van der Waals surface area contributed by atoms with Crippen LogP contribution in [0.5, 0.6) is 0 Å². The molecule has 3 rings (SSSR count). The van der Waals surface area contributed by atoms with Gasteiger partial charge in [-0.25, -0.2) is 4.98 Å². The van der Waals surface area contributed by atoms with Crippen LogP contribution in [0.15, 0.2) is 48.5 Å². The molecule has 2 N–H and O–H groups in total. The first kappa shape index (κ1) is 15.1. The largest absolute Gasteiger partial charge is 0.481 e. The van der Waals surface area contributed by atoms with E-state index in [1.807, 2.05) is 48.5 Å². The van der Waals surface area contributed by atoms with E-state index in [-0.39, 0.29) is 12.4 Å². The monoisotopic (exact) mass is 302 g/mol. The molecule has 0 saturated heterocycles. The van der Waals surface area contributed by atoms with Crippen molar-refractivity contribution in [2.75, 3.05) is 0 Å². The number of carbonyl (C=O) groups is 1. The van der Waals surface area contributed by atoms with Crippen molar-refractivity contribution < 1.29 is 9.90 Å². The van der Waals surface area contributed by atoms with Gasteiger partial charge in [-0.1, -0.05) is 36.4 Å². The van der Waals surface area contributed by atoms with Crippen LogP contribution in [0.2, 0.25) is 0 Å². The summed E-state index contributed by atoms with van der Waals surface area (Å²) in [5.41, 5.74) is 3.48. The first-order valence-electron chi connectivity index (χ1n) is 6.43. The molecular formula is C16H15ClN2O2. The Labute approximate surface area is 128 Å². The Hall–Kier alpha value is -2.33. The predicted octanol–water partition coefficient (Wildman–Crippen LogP) is 3.84. The van der Waals surface area contributed by atoms with E-state index < -0.39 is 11.9 Å². The van der Waals surface area contributed by atoms with Crippen LogP contribution in [-0.2, 0) is 4.79 Å². The summed E-state index contributed by atoms with van der Waals surface area (Å²) < 4.78 is 0. The van der Waals surface area contributed by atoms with Gasteiger partial charge in [0.2, 0.25) is 0 Å². The molecule has 4 nitrogen and oxygen atoms in total. The van der Waals surface area contributed by atoms with Crippen molar-refractivity contribution >= 4 is 29.4 Å². The van der Waals surface area contributed by atoms with Gasteiger partial charge in [0.1, 0.15) is 5.82 Å². The lowest BCUT2D eigenvalue weighted by Crippen LogP contribution is -2.06. The van der Waals surface area contributed by atoms with Crippen molar-refractivity contribution in [2.45, 2.75) is 12.8 Å². The second-order valence-electron chi connectivity index (χ2n) is 4.79. The first-order valence-corrected chi connectivity index (χ1v) is 6.43. The van der Waals surface area contributed by atoms with Gasteiger partial charge < -0.3 is 10.1 Å². The second-order valence-corrected chi connectivity index (χ2v) is 4.79. The quantitative estimate of drug-likeness (QED) is 0.772. The number of halogens is 1. The number of nitrogens with one attached hydrogen (secondary N) is 1. The molecule has 0 bridgehead atoms. The molecule has 1 aromatic heterocycles. The van der Waals surface area contributed by atoms with Crippen LogP contribution in [0.3, 0.4) is 0 Å². The number of aliphatic carboxylic acids is 1. The minimum absolute atomic E-state index is 0. The molecule has 2 aromatic carbocycles. The van der Waals surface area contributed by atoms with E-state index >= 15 is 0 Å². The predicted molar refractivity (Wildman–Crippen MR) is 84.8 cm³/mol. The van der Waals surface area contributed by atoms with Crippen LogP contribution in [0.4, 0.5) is 0 Å². The lowest BCUT2D eigenvalue weighted by atomic mass is 10.0. The zero-order valence-electron chi connectivity index (χ0n) is 11.4. The number of fused-ring (bicyclic) bond motifs is 1. The fourth-order valence-corrected chi connectivity index (χ4v) is 2.17. The van der Waals surface area contributed by atoms with Crippen molar-refractivity contribution in [3.05, 3.63) is 54.1 Å². The van der Waals surface area contributed by atoms with Crippen LogP contribution in [-0.4, -0.2) is 21.0 Å². The number of carboxylic acids is 1. The maximum atomic E-state index is 11.0. The summed E-state index contributed by atoms with van der Waals surface area (Å²) in [7, 11) is 0. The normalized spacial score (nSPS) is 11.9. The number of rotatable bonds is 3. The Balaban J connectivity index is 0.00000161. The third-order valence-electron chi connectivity index (χ3n) is 3.42. The third-order valence-corrected chi connectivity index (χ3v) is 3.42. The van der Waals surface area contributed by atoms with Crippen molar-refractivity contribution in [1.82, 2.24) is 9.97 Å². The number of H-pyrrole nitrogens is 1. The van der Waals surface area contributed by atoms with Crippen molar-refractivity contribution in [2.24, 2.45) is 0 Å². The molecule has 0 fully saturated rings. The van der Waals surface area contributed by atoms with E-state index in [1.165, 1.54) is 0 Å². The molecular weight excluding hydrogens is 288 g/mol. The van der Waals surface area contributed by atoms with Gasteiger partial charge in [-0.15, -0.1) is 12.4 Å². The van der Waals surface area contributed by atoms with Crippen molar-refractivity contribution in [3.8, 4) is 11.4 Å². The maximum absolute atomic E-state index is 11.0. The molecule has 5 heteroatoms. The number of hydrogen-bond donors (Lipinski definition) is 2. The molecule has 108 valence electrons. The van der Waals surface area contributed by atoms with Crippen molar-refractivity contribution in [3.63, 3.8) is 0 Å². The van der Waals surface area contributed by atoms with Gasteiger partial charge in [0, 0.05) is 5.56 Å². The molecule has 3 aromatic rings. The van der Waals surface area contributed by atoms with Gasteiger partial charge in [0.25, 0.3) is 0 Å². The van der Waals surface area contributed by atoms with E-state index in [0.29, 0.717) is 0 Å². The lowest BCUT2D eigenvalue weighted by molar-refractivity contribution is -0.138. The Morgan fingerprint density at radius 2 is 1.90 bits per heavy atom. The molecule has 1 heterocycles. The zero-order valence-corrected chi connectivity index (χ0v) is 12.2. The van der Waals surface area contributed by atoms with E-state index in [4.69, 9.17) is 5.11 Å². The molecule has 0 aliphatic heterocycles. The maximum Gasteiger partial charge on any atom is 0.310 e. The van der Waals surface area contributed by atoms with Crippen LogP contribution >= 0.6 is 12.4 Å². The molecule has 0 spiro atoms. The van der Waals surface area contributed by atoms with Gasteiger partial charge >= 0.3 is 5.97 Å². The standard InChI is InChI=1S/C16H14N2O2.ClH/c1-10(16(19)20)12-7-8-13-14(9-12)18-15(17-13)11-5-3-2-4-6-11;/h2-10H,1H3,(H,17,18)(H,19,20);1H. The second kappa shape index (κ2) is 5.97. The number of nitrogens with zero attached hydrogens (tertiary/aromatic N) is 1. The van der Waals surface area contributed by atoms with Gasteiger partial charge in [0.05, 0.1) is 17.0 Å². The highest BCUT2D eigenvalue weighted by Crippen LogP contribution is 2.24. The van der Waals surface area contributed by atoms with Crippen LogP contribution < -0.4 is 0 Å². The molecule has 0 aliphatic rings. The SMILES string of the molecule is CC(C(=O)O)c1ccc2nc(-c3ccccc3)[nH]c2c1.Cl. The first-order chi connectivity index (χ1) is 9.65. The number of hydrogen-bond acceptors (Lipinski definition) is 2. The Morgan fingerprint density at radius 3 is 2.57 bits per heavy atom. The van der Waals surface area contributed by atoms with Gasteiger partial charge in [0.15, 0.2) is 0 Å². The van der Waals surface area contributed by atoms with E-state index in [1.54, 1.807) is 6.92 Å². The molecule has 21 heavy (non-hydrogen) atoms. The number of carboxylic acid groups (broad SMARTS) is 1. The minimum Gasteiger partial charge on any atom is -0.481 e. The third kappa shape index (κ3) is 2.90. The fraction of sp³-hybridized carbons (Fsp3) is 0.125. The average Bonchev–Trinajstić information content (AvgIpc) is 2.90. The van der Waals surface area contributed by atoms with Crippen molar-refractivity contribution in [1.29, 1.82) is 0 Å². The van der Waals surface area contributed by atoms with Crippen LogP contribution in [0.1, 0.15) is 18.4 Å². The highest BCUT2D eigenvalue weighted by molar-refractivity contribution is 5.85. The fourth-order valence-electron chi connectivity index (χ4n) is 2.17. The van der Waals surface area contributed by atoms with E-state index in [0.717, 1.165) is 28.0 Å². The summed E-state index contributed by atoms with van der Waals surface area (Å²) in [6.45, 7) is 1.68. The lowest BCUT2D eigenvalue weighted by Gasteiger charge is -2.05. The summed E-state index contributed by atoms with van der Waals surface area (Å²) in [4.78, 5) is 18.8. The molecule has 1 unspecified atom stereocenters. The minimum atomic E-state index is -0.827. The summed E-state index contributed by atoms with van der Waals surface area (Å²) in [6.07, 6.45) is 0. The Kier molecular flexibility index (Phi) is 4.29. The van der Waals surface area contributed by atoms with Crippen LogP contribution in [0.25, 0.3) is 22.4 Å². The average molecular weight is 303 g/mol. The number of benzene rings is 2. The number of aromatic nitrogens is 2. The summed E-state index contributed by atoms with van der Waals surface area (Å²) in [5, 5.41) is 9.06. The molecule has 0 aliphatic carbocycles. The summed E-state index contributed by atoms with van der Waals surface area (Å²) >= 11 is 0. The highest BCUT2D eigenvalue weighted by atomic mass is 35.5. The number of aromatic amines is 1. The van der Waals surface area contributed by atoms with Gasteiger partial charge in [-0.05, 0) is 24.6 Å². The van der Waals surface area contributed by atoms with Gasteiger partial charge in [-0.3, -0.25) is 4.79 Å². The summed E-state index contributed by atoms with van der Waals surface area (Å²) in [5.74, 6) is -0.559. The Morgan fingerprint density at radius 1 is 1.19 bits per heavy atom. The molecule has 1 atom stereocenters. The Bertz CT molecular complexity index is 768. The topological polar surface area (TPSA) is 66.0 Å². The van der Waals surface area contributed by atoms with E-state index in [2.05, 4.69) is 9.97 Å². The van der Waals surface area contributed by atoms with E-state index in [9.17, 15) is 4.79 Å². The highest BCUT2D eigenvalue weighted by Gasteiger charge is 2.15. The summed E-state index contributed by atoms with van der Waals surface area (Å²) in [6, 6.07) is 15.4. The van der Waals surface area contributed by atoms with Gasteiger partial charge in [-0.2, -0.15) is 0 Å². The smallest absolute Gasteiger partial charge is 0.310 e.